The lowest BCUT2D eigenvalue weighted by atomic mass is 10.2. The van der Waals surface area contributed by atoms with E-state index >= 15 is 0 Å². The van der Waals surface area contributed by atoms with Crippen molar-refractivity contribution in [2.75, 3.05) is 12.9 Å². The molecule has 0 aliphatic heterocycles. The summed E-state index contributed by atoms with van der Waals surface area (Å²) in [5.41, 5.74) is -0.330. The normalized spacial score (nSPS) is 12.0. The number of methoxy groups -OCH3 is 1. The first-order chi connectivity index (χ1) is 12.4. The van der Waals surface area contributed by atoms with E-state index in [4.69, 9.17) is 11.6 Å². The highest BCUT2D eigenvalue weighted by atomic mass is 35.5. The maximum atomic E-state index is 12.9. The molecule has 0 aliphatic rings. The van der Waals surface area contributed by atoms with Crippen LogP contribution in [0.15, 0.2) is 39.0 Å². The summed E-state index contributed by atoms with van der Waals surface area (Å²) in [4.78, 5) is 40.8. The number of halogens is 1. The third-order valence-corrected chi connectivity index (χ3v) is 4.81. The molecule has 7 nitrogen and oxygen atoms in total. The number of rotatable bonds is 7. The van der Waals surface area contributed by atoms with E-state index < -0.39 is 23.3 Å². The Labute approximate surface area is 160 Å². The van der Waals surface area contributed by atoms with Gasteiger partial charge in [-0.25, -0.2) is 14.2 Å². The van der Waals surface area contributed by atoms with Crippen molar-refractivity contribution in [1.82, 2.24) is 14.1 Å². The van der Waals surface area contributed by atoms with Crippen LogP contribution in [0.4, 0.5) is 0 Å². The van der Waals surface area contributed by atoms with Crippen molar-refractivity contribution in [3.63, 3.8) is 0 Å². The Balaban J connectivity index is 2.48. The van der Waals surface area contributed by atoms with Crippen molar-refractivity contribution in [3.8, 4) is 0 Å². The Morgan fingerprint density at radius 1 is 1.27 bits per heavy atom. The van der Waals surface area contributed by atoms with Gasteiger partial charge in [0.15, 0.2) is 5.16 Å². The number of nitrogens with zero attached hydrogens (tertiary/aromatic N) is 3. The minimum absolute atomic E-state index is 0.0883. The molecule has 0 radical (unpaired) electrons. The van der Waals surface area contributed by atoms with Gasteiger partial charge in [-0.1, -0.05) is 49.3 Å². The van der Waals surface area contributed by atoms with Crippen LogP contribution in [0.2, 0.25) is 5.02 Å². The van der Waals surface area contributed by atoms with Gasteiger partial charge in [0.05, 0.1) is 19.6 Å². The van der Waals surface area contributed by atoms with E-state index in [0.717, 1.165) is 10.1 Å². The van der Waals surface area contributed by atoms with E-state index in [-0.39, 0.29) is 13.1 Å². The summed E-state index contributed by atoms with van der Waals surface area (Å²) in [5.74, 6) is -0.469. The van der Waals surface area contributed by atoms with Crippen molar-refractivity contribution in [2.45, 2.75) is 32.1 Å². The monoisotopic (exact) mass is 397 g/mol. The molecule has 0 fully saturated rings. The van der Waals surface area contributed by atoms with Crippen LogP contribution < -0.4 is 11.4 Å². The van der Waals surface area contributed by atoms with Gasteiger partial charge in [-0.3, -0.25) is 9.36 Å². The molecule has 1 aromatic heterocycles. The first kappa shape index (κ1) is 20.3. The van der Waals surface area contributed by atoms with E-state index in [1.54, 1.807) is 19.1 Å². The Morgan fingerprint density at radius 3 is 2.50 bits per heavy atom. The topological polar surface area (TPSA) is 83.2 Å². The lowest BCUT2D eigenvalue weighted by molar-refractivity contribution is -0.145. The highest BCUT2D eigenvalue weighted by Crippen LogP contribution is 2.15. The van der Waals surface area contributed by atoms with Crippen LogP contribution in [0.25, 0.3) is 0 Å². The molecule has 2 aromatic rings. The van der Waals surface area contributed by atoms with Crippen LogP contribution in [-0.4, -0.2) is 33.0 Å². The fraction of sp³-hybridized carbons (Fsp3) is 0.412. The Kier molecular flexibility index (Phi) is 7.05. The fourth-order valence-corrected chi connectivity index (χ4v) is 3.19. The number of hydrogen-bond acceptors (Lipinski definition) is 6. The van der Waals surface area contributed by atoms with Gasteiger partial charge < -0.3 is 4.74 Å². The Morgan fingerprint density at radius 2 is 1.92 bits per heavy atom. The number of aromatic nitrogens is 3. The predicted molar refractivity (Wildman–Crippen MR) is 101 cm³/mol. The molecular formula is C17H20ClN3O4S. The summed E-state index contributed by atoms with van der Waals surface area (Å²) < 4.78 is 7.07. The molecule has 9 heteroatoms. The molecule has 0 aliphatic carbocycles. The van der Waals surface area contributed by atoms with E-state index in [0.29, 0.717) is 15.9 Å². The zero-order valence-corrected chi connectivity index (χ0v) is 16.3. The molecule has 0 amide bonds. The second-order valence-electron chi connectivity index (χ2n) is 5.64. The minimum atomic E-state index is -0.672. The van der Waals surface area contributed by atoms with Crippen molar-refractivity contribution in [1.29, 1.82) is 0 Å². The maximum absolute atomic E-state index is 12.9. The molecular weight excluding hydrogens is 378 g/mol. The van der Waals surface area contributed by atoms with E-state index in [1.165, 1.54) is 23.4 Å². The van der Waals surface area contributed by atoms with Gasteiger partial charge in [0.1, 0.15) is 0 Å². The quantitative estimate of drug-likeness (QED) is 0.525. The smallest absolute Gasteiger partial charge is 0.354 e. The summed E-state index contributed by atoms with van der Waals surface area (Å²) in [5, 5.41) is 0.943. The van der Waals surface area contributed by atoms with Crippen LogP contribution in [0.3, 0.4) is 0 Å². The summed E-state index contributed by atoms with van der Waals surface area (Å²) >= 11 is 7.21. The summed E-state index contributed by atoms with van der Waals surface area (Å²) in [6.45, 7) is 3.66. The average Bonchev–Trinajstić information content (AvgIpc) is 2.62. The molecule has 26 heavy (non-hydrogen) atoms. The molecule has 0 N–H and O–H groups in total. The summed E-state index contributed by atoms with van der Waals surface area (Å²) in [6, 6.07) is 7.08. The largest absolute Gasteiger partial charge is 0.469 e. The van der Waals surface area contributed by atoms with Gasteiger partial charge in [0.2, 0.25) is 0 Å². The zero-order valence-electron chi connectivity index (χ0n) is 14.8. The number of carbonyl (C=O) groups excluding carboxylic acids is 1. The van der Waals surface area contributed by atoms with Crippen LogP contribution in [0, 0.1) is 5.92 Å². The van der Waals surface area contributed by atoms with Crippen LogP contribution in [0.1, 0.15) is 19.4 Å². The van der Waals surface area contributed by atoms with Gasteiger partial charge in [-0.2, -0.15) is 4.98 Å². The molecule has 1 aromatic carbocycles. The summed E-state index contributed by atoms with van der Waals surface area (Å²) in [7, 11) is 1.26. The first-order valence-corrected chi connectivity index (χ1v) is 9.40. The number of hydrogen-bond donors (Lipinski definition) is 0. The third-order valence-electron chi connectivity index (χ3n) is 3.70. The second-order valence-corrected chi connectivity index (χ2v) is 7.31. The van der Waals surface area contributed by atoms with Crippen molar-refractivity contribution in [3.05, 3.63) is 55.8 Å². The molecule has 0 bridgehead atoms. The standard InChI is InChI=1S/C17H20ClN3O4S/c1-4-26-16-19-15(23)20(9-11(2)14(22)25-3)17(24)21(16)10-12-5-7-13(18)8-6-12/h5-8,11H,4,9-10H2,1-3H3. The third kappa shape index (κ3) is 4.76. The molecule has 0 saturated heterocycles. The SMILES string of the molecule is CCSc1nc(=O)n(CC(C)C(=O)OC)c(=O)n1Cc1ccc(Cl)cc1. The maximum Gasteiger partial charge on any atom is 0.354 e. The van der Waals surface area contributed by atoms with Gasteiger partial charge in [-0.15, -0.1) is 0 Å². The molecule has 2 rings (SSSR count). The van der Waals surface area contributed by atoms with E-state index in [1.807, 2.05) is 19.1 Å². The van der Waals surface area contributed by atoms with Crippen LogP contribution >= 0.6 is 23.4 Å². The minimum Gasteiger partial charge on any atom is -0.469 e. The Bertz CT molecular complexity index is 892. The lowest BCUT2D eigenvalue weighted by Gasteiger charge is -2.15. The number of esters is 1. The van der Waals surface area contributed by atoms with Gasteiger partial charge >= 0.3 is 17.3 Å². The molecule has 1 atom stereocenters. The van der Waals surface area contributed by atoms with Gasteiger partial charge in [-0.05, 0) is 23.4 Å². The summed E-state index contributed by atoms with van der Waals surface area (Å²) in [6.07, 6.45) is 0. The highest BCUT2D eigenvalue weighted by molar-refractivity contribution is 7.99. The van der Waals surface area contributed by atoms with Gasteiger partial charge in [0, 0.05) is 11.6 Å². The zero-order chi connectivity index (χ0) is 19.3. The molecule has 0 spiro atoms. The van der Waals surface area contributed by atoms with E-state index in [2.05, 4.69) is 9.72 Å². The van der Waals surface area contributed by atoms with Crippen molar-refractivity contribution in [2.24, 2.45) is 5.92 Å². The molecule has 1 heterocycles. The number of benzene rings is 1. The highest BCUT2D eigenvalue weighted by Gasteiger charge is 2.19. The lowest BCUT2D eigenvalue weighted by Crippen LogP contribution is -2.44. The van der Waals surface area contributed by atoms with Crippen LogP contribution in [-0.2, 0) is 22.6 Å². The van der Waals surface area contributed by atoms with E-state index in [9.17, 15) is 14.4 Å². The predicted octanol–water partition coefficient (Wildman–Crippen LogP) is 2.03. The number of thioether (sulfide) groups is 1. The fourth-order valence-electron chi connectivity index (χ4n) is 2.36. The second kappa shape index (κ2) is 9.05. The molecule has 1 unspecified atom stereocenters. The number of carbonyl (C=O) groups is 1. The molecule has 0 saturated carbocycles. The van der Waals surface area contributed by atoms with Crippen molar-refractivity contribution < 1.29 is 9.53 Å². The Hall–Kier alpha value is -2.06. The molecule has 140 valence electrons. The average molecular weight is 398 g/mol. The van der Waals surface area contributed by atoms with Crippen molar-refractivity contribution >= 4 is 29.3 Å². The first-order valence-electron chi connectivity index (χ1n) is 8.04. The number of ether oxygens (including phenoxy) is 1. The van der Waals surface area contributed by atoms with Crippen LogP contribution in [0.5, 0.6) is 0 Å². The van der Waals surface area contributed by atoms with Gasteiger partial charge in [0.25, 0.3) is 0 Å².